The summed E-state index contributed by atoms with van der Waals surface area (Å²) < 4.78 is 0. The maximum Gasteiger partial charge on any atom is 0.0573 e. The van der Waals surface area contributed by atoms with Gasteiger partial charge >= 0.3 is 0 Å². The molecule has 8 rings (SSSR count). The van der Waals surface area contributed by atoms with E-state index in [2.05, 4.69) is 177 Å². The van der Waals surface area contributed by atoms with Crippen LogP contribution in [0.2, 0.25) is 0 Å². The highest BCUT2D eigenvalue weighted by molar-refractivity contribution is 8.25. The lowest BCUT2D eigenvalue weighted by atomic mass is 9.72. The first-order chi connectivity index (χ1) is 21.8. The highest BCUT2D eigenvalue weighted by Crippen LogP contribution is 2.57. The van der Waals surface area contributed by atoms with Crippen molar-refractivity contribution in [2.75, 3.05) is 9.80 Å². The third-order valence-corrected chi connectivity index (χ3v) is 14.5. The third kappa shape index (κ3) is 4.18. The van der Waals surface area contributed by atoms with Gasteiger partial charge in [-0.3, -0.25) is 0 Å². The SMILES string of the molecule is Cc1ccc2c(c1)C(C)(C)c1cc(C)ccc1N2c1ccc2c(c1)N(c1ccccc1)c1ccccc1P2(=S)c1ccccc1. The van der Waals surface area contributed by atoms with Crippen molar-refractivity contribution in [1.82, 2.24) is 0 Å². The highest BCUT2D eigenvalue weighted by atomic mass is 32.4. The van der Waals surface area contributed by atoms with Crippen LogP contribution in [-0.2, 0) is 17.2 Å². The summed E-state index contributed by atoms with van der Waals surface area (Å²) in [5.74, 6) is 0. The first-order valence-electron chi connectivity index (χ1n) is 15.6. The molecule has 0 radical (unpaired) electrons. The van der Waals surface area contributed by atoms with Gasteiger partial charge in [0.2, 0.25) is 0 Å². The first-order valence-corrected chi connectivity index (χ1v) is 18.4. The molecule has 2 aliphatic rings. The smallest absolute Gasteiger partial charge is 0.0573 e. The summed E-state index contributed by atoms with van der Waals surface area (Å²) in [6.07, 6.45) is 0. The fraction of sp³-hybridized carbons (Fsp3) is 0.122. The number of fused-ring (bicyclic) bond motifs is 4. The summed E-state index contributed by atoms with van der Waals surface area (Å²) in [6, 6.07) is 48.7. The summed E-state index contributed by atoms with van der Waals surface area (Å²) >= 11 is 6.89. The Labute approximate surface area is 271 Å². The van der Waals surface area contributed by atoms with E-state index in [0.29, 0.717) is 0 Å². The van der Waals surface area contributed by atoms with E-state index in [1.165, 1.54) is 49.5 Å². The van der Waals surface area contributed by atoms with Gasteiger partial charge in [0.15, 0.2) is 0 Å². The van der Waals surface area contributed by atoms with Gasteiger partial charge in [0.05, 0.1) is 22.7 Å². The Morgan fingerprint density at radius 2 is 1.02 bits per heavy atom. The largest absolute Gasteiger partial charge is 0.310 e. The number of anilines is 6. The van der Waals surface area contributed by atoms with E-state index in [4.69, 9.17) is 11.8 Å². The molecule has 4 heteroatoms. The Bertz CT molecular complexity index is 2100. The lowest BCUT2D eigenvalue weighted by molar-refractivity contribution is 0.630. The second-order valence-corrected chi connectivity index (χ2v) is 17.1. The fourth-order valence-electron chi connectivity index (χ4n) is 7.29. The average Bonchev–Trinajstić information content (AvgIpc) is 3.06. The molecular weight excluding hydrogens is 584 g/mol. The minimum Gasteiger partial charge on any atom is -0.310 e. The van der Waals surface area contributed by atoms with Crippen molar-refractivity contribution in [3.63, 3.8) is 0 Å². The molecule has 0 amide bonds. The van der Waals surface area contributed by atoms with Crippen LogP contribution in [0.15, 0.2) is 140 Å². The topological polar surface area (TPSA) is 6.48 Å². The molecule has 2 heterocycles. The number of hydrogen-bond donors (Lipinski definition) is 0. The second kappa shape index (κ2) is 10.3. The first kappa shape index (κ1) is 28.1. The van der Waals surface area contributed by atoms with Crippen LogP contribution >= 0.6 is 6.04 Å². The average molecular weight is 619 g/mol. The van der Waals surface area contributed by atoms with E-state index in [1.54, 1.807) is 0 Å². The van der Waals surface area contributed by atoms with Gasteiger partial charge in [-0.2, -0.15) is 0 Å². The van der Waals surface area contributed by atoms with Gasteiger partial charge in [0.1, 0.15) is 0 Å². The molecule has 0 saturated heterocycles. The zero-order valence-corrected chi connectivity index (χ0v) is 27.7. The molecule has 6 aromatic rings. The van der Waals surface area contributed by atoms with Gasteiger partial charge < -0.3 is 9.80 Å². The van der Waals surface area contributed by atoms with E-state index in [-0.39, 0.29) is 5.41 Å². The van der Waals surface area contributed by atoms with Gasteiger partial charge in [-0.15, -0.1) is 0 Å². The molecule has 1 unspecified atom stereocenters. The Morgan fingerprint density at radius 3 is 1.67 bits per heavy atom. The molecule has 0 spiro atoms. The Hall–Kier alpha value is -4.43. The molecular formula is C41H35N2PS. The van der Waals surface area contributed by atoms with Crippen LogP contribution < -0.4 is 25.7 Å². The molecule has 0 aliphatic carbocycles. The van der Waals surface area contributed by atoms with Gasteiger partial charge in [-0.1, -0.05) is 128 Å². The lowest BCUT2D eigenvalue weighted by Gasteiger charge is -2.44. The molecule has 6 aromatic carbocycles. The van der Waals surface area contributed by atoms with E-state index >= 15 is 0 Å². The Morgan fingerprint density at radius 1 is 0.489 bits per heavy atom. The Kier molecular flexibility index (Phi) is 6.43. The van der Waals surface area contributed by atoms with Gasteiger partial charge in [0, 0.05) is 33.4 Å². The molecule has 0 N–H and O–H groups in total. The quantitative estimate of drug-likeness (QED) is 0.182. The number of hydrogen-bond acceptors (Lipinski definition) is 3. The van der Waals surface area contributed by atoms with E-state index in [1.807, 2.05) is 0 Å². The van der Waals surface area contributed by atoms with Crippen molar-refractivity contribution in [2.45, 2.75) is 33.1 Å². The third-order valence-electron chi connectivity index (χ3n) is 9.53. The van der Waals surface area contributed by atoms with Crippen LogP contribution in [0.25, 0.3) is 0 Å². The van der Waals surface area contributed by atoms with Crippen molar-refractivity contribution >= 4 is 67.9 Å². The van der Waals surface area contributed by atoms with Crippen molar-refractivity contribution in [3.8, 4) is 0 Å². The number of nitrogens with zero attached hydrogens (tertiary/aromatic N) is 2. The van der Waals surface area contributed by atoms with E-state index in [0.717, 1.165) is 22.7 Å². The van der Waals surface area contributed by atoms with Crippen molar-refractivity contribution < 1.29 is 0 Å². The molecule has 45 heavy (non-hydrogen) atoms. The summed E-state index contributed by atoms with van der Waals surface area (Å²) in [7, 11) is 0. The number of benzene rings is 6. The van der Waals surface area contributed by atoms with Gasteiger partial charge in [-0.05, 0) is 78.8 Å². The fourth-order valence-corrected chi connectivity index (χ4v) is 11.6. The minimum absolute atomic E-state index is 0.128. The zero-order chi connectivity index (χ0) is 30.9. The summed E-state index contributed by atoms with van der Waals surface area (Å²) in [5, 5.41) is 3.67. The molecule has 0 bridgehead atoms. The zero-order valence-electron chi connectivity index (χ0n) is 26.0. The summed E-state index contributed by atoms with van der Waals surface area (Å²) in [4.78, 5) is 4.88. The standard InChI is InChI=1S/C41H35N2PS/c1-28-19-22-35-33(25-28)41(3,4)34-26-29(2)20-23-36(34)43(35)31-21-24-40-38(27-31)42(30-13-7-5-8-14-30)37-17-11-12-18-39(37)44(40,45)32-15-9-6-10-16-32/h5-27H,1-4H3. The molecule has 2 aliphatic heterocycles. The van der Waals surface area contributed by atoms with Crippen LogP contribution in [0.5, 0.6) is 0 Å². The molecule has 1 atom stereocenters. The van der Waals surface area contributed by atoms with E-state index in [9.17, 15) is 0 Å². The Balaban J connectivity index is 1.43. The normalized spacial score (nSPS) is 17.6. The number of rotatable bonds is 3. The van der Waals surface area contributed by atoms with E-state index < -0.39 is 6.04 Å². The second-order valence-electron chi connectivity index (χ2n) is 12.8. The maximum absolute atomic E-state index is 6.89. The number of para-hydroxylation sites is 2. The van der Waals surface area contributed by atoms with Crippen LogP contribution in [0.3, 0.4) is 0 Å². The minimum atomic E-state index is -2.36. The van der Waals surface area contributed by atoms with Crippen molar-refractivity contribution in [1.29, 1.82) is 0 Å². The molecule has 0 fully saturated rings. The lowest BCUT2D eigenvalue weighted by Crippen LogP contribution is -2.37. The number of aryl methyl sites for hydroxylation is 2. The maximum atomic E-state index is 6.89. The van der Waals surface area contributed by atoms with Crippen molar-refractivity contribution in [2.24, 2.45) is 0 Å². The summed E-state index contributed by atoms with van der Waals surface area (Å²) in [5.41, 5.74) is 12.1. The van der Waals surface area contributed by atoms with Crippen LogP contribution in [0.4, 0.5) is 34.1 Å². The monoisotopic (exact) mass is 618 g/mol. The van der Waals surface area contributed by atoms with Gasteiger partial charge in [-0.25, -0.2) is 0 Å². The predicted molar refractivity (Wildman–Crippen MR) is 197 cm³/mol. The van der Waals surface area contributed by atoms with Crippen LogP contribution in [0, 0.1) is 13.8 Å². The molecule has 0 saturated carbocycles. The molecule has 0 aromatic heterocycles. The molecule has 220 valence electrons. The highest BCUT2D eigenvalue weighted by Gasteiger charge is 2.40. The van der Waals surface area contributed by atoms with Crippen LogP contribution in [0.1, 0.15) is 36.1 Å². The van der Waals surface area contributed by atoms with Gasteiger partial charge in [0.25, 0.3) is 0 Å². The van der Waals surface area contributed by atoms with Crippen LogP contribution in [-0.4, -0.2) is 0 Å². The van der Waals surface area contributed by atoms with Crippen molar-refractivity contribution in [3.05, 3.63) is 162 Å². The predicted octanol–water partition coefficient (Wildman–Crippen LogP) is 9.95. The molecule has 2 nitrogen and oxygen atoms in total. The summed E-state index contributed by atoms with van der Waals surface area (Å²) in [6.45, 7) is 9.10.